The fraction of sp³-hybridized carbons (Fsp3) is 0.250. The van der Waals surface area contributed by atoms with Gasteiger partial charge in [0.1, 0.15) is 5.75 Å². The van der Waals surface area contributed by atoms with Gasteiger partial charge < -0.3 is 15.2 Å². The molecule has 106 valence electrons. The van der Waals surface area contributed by atoms with Gasteiger partial charge in [-0.3, -0.25) is 14.4 Å². The number of carbonyl (C=O) groups excluding carboxylic acids is 2. The van der Waals surface area contributed by atoms with Crippen molar-refractivity contribution in [3.8, 4) is 5.75 Å². The Labute approximate surface area is 127 Å². The molecular formula is C12H9BrClNO5. The van der Waals surface area contributed by atoms with Gasteiger partial charge in [-0.1, -0.05) is 27.5 Å². The zero-order valence-corrected chi connectivity index (χ0v) is 12.3. The Hall–Kier alpha value is -1.60. The predicted octanol–water partition coefficient (Wildman–Crippen LogP) is 2.09. The summed E-state index contributed by atoms with van der Waals surface area (Å²) in [5, 5.41) is 11.4. The average molecular weight is 363 g/mol. The van der Waals surface area contributed by atoms with E-state index in [2.05, 4.69) is 21.2 Å². The second-order valence-corrected chi connectivity index (χ2v) is 5.61. The lowest BCUT2D eigenvalue weighted by atomic mass is 10.0. The number of anilines is 1. The maximum absolute atomic E-state index is 12.1. The summed E-state index contributed by atoms with van der Waals surface area (Å²) in [4.78, 5) is 33.0. The second kappa shape index (κ2) is 5.80. The van der Waals surface area contributed by atoms with Crippen molar-refractivity contribution in [2.45, 2.75) is 11.2 Å². The normalized spacial score (nSPS) is 14.8. The molecular weight excluding hydrogens is 353 g/mol. The number of ether oxygens (including phenoxy) is 1. The molecule has 0 bridgehead atoms. The third-order valence-corrected chi connectivity index (χ3v) is 3.66. The first-order valence-electron chi connectivity index (χ1n) is 5.54. The number of fused-ring (bicyclic) bond motifs is 1. The van der Waals surface area contributed by atoms with E-state index < -0.39 is 16.6 Å². The zero-order valence-electron chi connectivity index (χ0n) is 9.98. The lowest BCUT2D eigenvalue weighted by Gasteiger charge is -2.19. The van der Waals surface area contributed by atoms with E-state index in [1.165, 1.54) is 12.1 Å². The molecule has 0 radical (unpaired) electrons. The fourth-order valence-corrected chi connectivity index (χ4v) is 2.48. The lowest BCUT2D eigenvalue weighted by Crippen LogP contribution is -2.26. The van der Waals surface area contributed by atoms with Gasteiger partial charge >= 0.3 is 5.97 Å². The minimum absolute atomic E-state index is 0.120. The van der Waals surface area contributed by atoms with Crippen LogP contribution >= 0.6 is 27.5 Å². The summed E-state index contributed by atoms with van der Waals surface area (Å²) >= 11 is 9.01. The molecule has 0 aromatic heterocycles. The van der Waals surface area contributed by atoms with Crippen molar-refractivity contribution in [2.75, 3.05) is 11.9 Å². The highest BCUT2D eigenvalue weighted by atomic mass is 79.9. The smallest absolute Gasteiger partial charge is 0.304 e. The molecule has 0 saturated carbocycles. The van der Waals surface area contributed by atoms with Crippen molar-refractivity contribution >= 4 is 50.9 Å². The monoisotopic (exact) mass is 361 g/mol. The zero-order chi connectivity index (χ0) is 14.9. The van der Waals surface area contributed by atoms with Crippen molar-refractivity contribution in [2.24, 2.45) is 0 Å². The van der Waals surface area contributed by atoms with Crippen molar-refractivity contribution in [1.82, 2.24) is 0 Å². The molecule has 0 spiro atoms. The maximum Gasteiger partial charge on any atom is 0.304 e. The fourth-order valence-electron chi connectivity index (χ4n) is 1.70. The van der Waals surface area contributed by atoms with Crippen LogP contribution in [0, 0.1) is 0 Å². The van der Waals surface area contributed by atoms with Crippen LogP contribution in [-0.4, -0.2) is 34.2 Å². The molecule has 1 amide bonds. The Morgan fingerprint density at radius 3 is 2.85 bits per heavy atom. The van der Waals surface area contributed by atoms with Gasteiger partial charge in [0, 0.05) is 5.56 Å². The molecule has 1 aliphatic heterocycles. The van der Waals surface area contributed by atoms with Gasteiger partial charge in [-0.15, -0.1) is 0 Å². The first-order chi connectivity index (χ1) is 9.38. The van der Waals surface area contributed by atoms with E-state index in [4.69, 9.17) is 21.4 Å². The summed E-state index contributed by atoms with van der Waals surface area (Å²) in [5.74, 6) is -1.54. The molecule has 2 N–H and O–H groups in total. The van der Waals surface area contributed by atoms with Gasteiger partial charge in [0.2, 0.25) is 0 Å². The number of ketones is 1. The van der Waals surface area contributed by atoms with Crippen LogP contribution in [0.2, 0.25) is 5.02 Å². The topological polar surface area (TPSA) is 92.7 Å². The van der Waals surface area contributed by atoms with Crippen LogP contribution in [0.4, 0.5) is 5.69 Å². The maximum atomic E-state index is 12.1. The van der Waals surface area contributed by atoms with E-state index in [1.54, 1.807) is 0 Å². The largest absolute Gasteiger partial charge is 0.482 e. The number of amides is 1. The predicted molar refractivity (Wildman–Crippen MR) is 74.9 cm³/mol. The number of carboxylic acid groups (broad SMARTS) is 1. The Morgan fingerprint density at radius 2 is 2.20 bits per heavy atom. The highest BCUT2D eigenvalue weighted by Gasteiger charge is 2.25. The summed E-state index contributed by atoms with van der Waals surface area (Å²) < 4.78 is 5.19. The molecule has 1 aliphatic rings. The van der Waals surface area contributed by atoms with E-state index in [9.17, 15) is 14.4 Å². The molecule has 1 unspecified atom stereocenters. The second-order valence-electron chi connectivity index (χ2n) is 4.09. The third kappa shape index (κ3) is 3.10. The number of carbonyl (C=O) groups is 3. The first-order valence-corrected chi connectivity index (χ1v) is 6.84. The number of rotatable bonds is 4. The molecule has 8 heteroatoms. The van der Waals surface area contributed by atoms with Gasteiger partial charge in [-0.25, -0.2) is 0 Å². The van der Waals surface area contributed by atoms with Gasteiger partial charge in [0.15, 0.2) is 12.4 Å². The van der Waals surface area contributed by atoms with Crippen LogP contribution in [0.25, 0.3) is 0 Å². The average Bonchev–Trinajstić information content (AvgIpc) is 2.36. The Bertz CT molecular complexity index is 604. The molecule has 0 saturated heterocycles. The van der Waals surface area contributed by atoms with Crippen molar-refractivity contribution in [1.29, 1.82) is 0 Å². The number of hydrogen-bond acceptors (Lipinski definition) is 4. The van der Waals surface area contributed by atoms with Gasteiger partial charge in [0.25, 0.3) is 5.91 Å². The van der Waals surface area contributed by atoms with E-state index in [0.717, 1.165) is 0 Å². The minimum atomic E-state index is -1.10. The Morgan fingerprint density at radius 1 is 1.50 bits per heavy atom. The summed E-state index contributed by atoms with van der Waals surface area (Å²) in [6.07, 6.45) is -0.357. The molecule has 1 heterocycles. The van der Waals surface area contributed by atoms with Gasteiger partial charge in [0.05, 0.1) is 22.0 Å². The highest BCUT2D eigenvalue weighted by molar-refractivity contribution is 9.10. The number of benzene rings is 1. The molecule has 0 aliphatic carbocycles. The Balaban J connectivity index is 2.31. The summed E-state index contributed by atoms with van der Waals surface area (Å²) in [5.41, 5.74) is 0.525. The van der Waals surface area contributed by atoms with Gasteiger partial charge in [-0.05, 0) is 12.1 Å². The Kier molecular flexibility index (Phi) is 4.29. The summed E-state index contributed by atoms with van der Waals surface area (Å²) in [7, 11) is 0. The SMILES string of the molecule is O=C(O)CC(Br)C(=O)c1cc2c(cc1Cl)NC(=O)CO2. The standard InChI is InChI=1S/C12H9BrClNO5/c13-6(2-11(17)18)12(19)5-1-9-8(3-7(5)14)15-10(16)4-20-9/h1,3,6H,2,4H2,(H,15,16)(H,17,18). The van der Waals surface area contributed by atoms with Crippen LogP contribution in [-0.2, 0) is 9.59 Å². The minimum Gasteiger partial charge on any atom is -0.482 e. The number of alkyl halides is 1. The summed E-state index contributed by atoms with van der Waals surface area (Å²) in [6.45, 7) is -0.144. The highest BCUT2D eigenvalue weighted by Crippen LogP contribution is 2.34. The van der Waals surface area contributed by atoms with Crippen LogP contribution in [0.1, 0.15) is 16.8 Å². The quantitative estimate of drug-likeness (QED) is 0.632. The number of nitrogens with one attached hydrogen (secondary N) is 1. The molecule has 0 fully saturated rings. The summed E-state index contributed by atoms with van der Waals surface area (Å²) in [6, 6.07) is 2.80. The molecule has 1 aromatic rings. The van der Waals surface area contributed by atoms with Crippen LogP contribution in [0.5, 0.6) is 5.75 Å². The van der Waals surface area contributed by atoms with Crippen LogP contribution in [0.15, 0.2) is 12.1 Å². The number of halogens is 2. The molecule has 2 rings (SSSR count). The van der Waals surface area contributed by atoms with Crippen LogP contribution in [0.3, 0.4) is 0 Å². The number of carboxylic acids is 1. The van der Waals surface area contributed by atoms with Crippen molar-refractivity contribution in [3.63, 3.8) is 0 Å². The molecule has 1 atom stereocenters. The third-order valence-electron chi connectivity index (χ3n) is 2.61. The number of Topliss-reactive ketones (excluding diaryl/α,β-unsaturated/α-hetero) is 1. The van der Waals surface area contributed by atoms with Crippen LogP contribution < -0.4 is 10.1 Å². The van der Waals surface area contributed by atoms with Crippen molar-refractivity contribution in [3.05, 3.63) is 22.7 Å². The lowest BCUT2D eigenvalue weighted by molar-refractivity contribution is -0.136. The first kappa shape index (κ1) is 14.8. The molecule has 1 aromatic carbocycles. The number of hydrogen-bond donors (Lipinski definition) is 2. The van der Waals surface area contributed by atoms with E-state index in [-0.39, 0.29) is 29.5 Å². The molecule has 20 heavy (non-hydrogen) atoms. The van der Waals surface area contributed by atoms with E-state index >= 15 is 0 Å². The number of aliphatic carboxylic acids is 1. The van der Waals surface area contributed by atoms with E-state index in [0.29, 0.717) is 11.4 Å². The van der Waals surface area contributed by atoms with Crippen molar-refractivity contribution < 1.29 is 24.2 Å². The van der Waals surface area contributed by atoms with E-state index in [1.807, 2.05) is 0 Å². The van der Waals surface area contributed by atoms with Gasteiger partial charge in [-0.2, -0.15) is 0 Å². The molecule has 6 nitrogen and oxygen atoms in total.